The molecule has 35 heavy (non-hydrogen) atoms. The van der Waals surface area contributed by atoms with Gasteiger partial charge < -0.3 is 10.3 Å². The third kappa shape index (κ3) is 6.35. The maximum atomic E-state index is 14.0. The normalized spacial score (nSPS) is 14.0. The van der Waals surface area contributed by atoms with Crippen molar-refractivity contribution in [1.82, 2.24) is 24.2 Å². The third-order valence-corrected chi connectivity index (χ3v) is 7.95. The van der Waals surface area contributed by atoms with Crippen molar-refractivity contribution in [3.05, 3.63) is 46.3 Å². The molecule has 2 heterocycles. The summed E-state index contributed by atoms with van der Waals surface area (Å²) in [6.45, 7) is 10.2. The van der Waals surface area contributed by atoms with Gasteiger partial charge >= 0.3 is 6.08 Å². The van der Waals surface area contributed by atoms with Crippen molar-refractivity contribution in [1.29, 1.82) is 0 Å². The van der Waals surface area contributed by atoms with Crippen molar-refractivity contribution >= 4 is 27.0 Å². The predicted molar refractivity (Wildman–Crippen MR) is 138 cm³/mol. The summed E-state index contributed by atoms with van der Waals surface area (Å²) in [5.41, 5.74) is 11.7. The van der Waals surface area contributed by atoms with Crippen LogP contribution in [0.15, 0.2) is 12.1 Å². The van der Waals surface area contributed by atoms with Gasteiger partial charge in [0.15, 0.2) is 17.0 Å². The number of fused-ring (bicyclic) bond motifs is 2. The molecule has 0 radical (unpaired) electrons. The van der Waals surface area contributed by atoms with Crippen LogP contribution in [0, 0.1) is 13.0 Å². The fourth-order valence-electron chi connectivity index (χ4n) is 4.43. The van der Waals surface area contributed by atoms with E-state index in [2.05, 4.69) is 38.7 Å². The number of imidazole rings is 1. The molecule has 10 heteroatoms. The van der Waals surface area contributed by atoms with Crippen LogP contribution >= 0.6 is 0 Å². The average Bonchev–Trinajstić information content (AvgIpc) is 3.39. The lowest BCUT2D eigenvalue weighted by atomic mass is 9.98. The van der Waals surface area contributed by atoms with Crippen LogP contribution in [-0.4, -0.2) is 39.7 Å². The van der Waals surface area contributed by atoms with E-state index in [9.17, 15) is 12.8 Å². The Labute approximate surface area is 207 Å². The zero-order valence-electron chi connectivity index (χ0n) is 21.4. The highest BCUT2D eigenvalue weighted by Gasteiger charge is 2.20. The van der Waals surface area contributed by atoms with E-state index in [0.717, 1.165) is 18.4 Å². The van der Waals surface area contributed by atoms with Crippen molar-refractivity contribution in [3.8, 4) is 0 Å². The molecule has 1 atom stereocenters. The number of rotatable bonds is 9. The van der Waals surface area contributed by atoms with Gasteiger partial charge in [-0.15, -0.1) is 0 Å². The first-order chi connectivity index (χ1) is 16.7. The molecule has 0 saturated carbocycles. The molecule has 0 saturated heterocycles. The number of nitrogens with zero attached hydrogens (tertiary/aromatic N) is 4. The van der Waals surface area contributed by atoms with E-state index in [1.165, 1.54) is 23.1 Å². The van der Waals surface area contributed by atoms with E-state index in [1.54, 1.807) is 4.57 Å². The summed E-state index contributed by atoms with van der Waals surface area (Å²) in [5.74, 6) is 0.608. The minimum absolute atomic E-state index is 0.0192. The average molecular weight is 505 g/mol. The lowest BCUT2D eigenvalue weighted by Crippen LogP contribution is -2.34. The summed E-state index contributed by atoms with van der Waals surface area (Å²) in [6, 6.07) is 4.35. The number of hydrogen-bond donors (Lipinski definition) is 2. The molecular weight excluding hydrogens is 467 g/mol. The highest BCUT2D eigenvalue weighted by atomic mass is 32.2. The Bertz CT molecular complexity index is 1290. The quantitative estimate of drug-likeness (QED) is 0.425. The summed E-state index contributed by atoms with van der Waals surface area (Å²) >= 11 is 0. The summed E-state index contributed by atoms with van der Waals surface area (Å²) in [6.07, 6.45) is 4.00. The Hall–Kier alpha value is -2.59. The summed E-state index contributed by atoms with van der Waals surface area (Å²) in [4.78, 5) is 12.2. The number of aryl methyl sites for hydroxylation is 4. The van der Waals surface area contributed by atoms with E-state index in [0.29, 0.717) is 42.8 Å². The minimum Gasteiger partial charge on any atom is -0.382 e. The molecule has 2 aromatic heterocycles. The third-order valence-electron chi connectivity index (χ3n) is 6.36. The van der Waals surface area contributed by atoms with E-state index in [-0.39, 0.29) is 17.6 Å². The summed E-state index contributed by atoms with van der Waals surface area (Å²) in [5, 5.41) is 0. The summed E-state index contributed by atoms with van der Waals surface area (Å²) in [7, 11) is -3.42. The molecule has 0 amide bonds. The van der Waals surface area contributed by atoms with Gasteiger partial charge in [-0.05, 0) is 68.2 Å². The molecule has 8 nitrogen and oxygen atoms in total. The highest BCUT2D eigenvalue weighted by Crippen LogP contribution is 2.28. The van der Waals surface area contributed by atoms with Gasteiger partial charge in [-0.25, -0.2) is 18.1 Å². The smallest absolute Gasteiger partial charge is 0.312 e. The maximum Gasteiger partial charge on any atom is 0.312 e. The van der Waals surface area contributed by atoms with Gasteiger partial charge in [0.25, 0.3) is 0 Å². The van der Waals surface area contributed by atoms with E-state index >= 15 is 0 Å². The van der Waals surface area contributed by atoms with Crippen LogP contribution in [0.1, 0.15) is 75.0 Å². The number of sulfonamides is 1. The molecule has 0 aliphatic heterocycles. The van der Waals surface area contributed by atoms with Crippen molar-refractivity contribution in [2.75, 3.05) is 11.5 Å². The van der Waals surface area contributed by atoms with Gasteiger partial charge in [-0.2, -0.15) is 14.4 Å². The van der Waals surface area contributed by atoms with Crippen LogP contribution in [0.4, 0.5) is 10.2 Å². The number of halogens is 1. The first-order valence-corrected chi connectivity index (χ1v) is 14.1. The first kappa shape index (κ1) is 27.0. The molecule has 1 aliphatic rings. The first-order valence-electron chi connectivity index (χ1n) is 12.5. The lowest BCUT2D eigenvalue weighted by molar-refractivity contribution is 0.538. The van der Waals surface area contributed by atoms with Crippen molar-refractivity contribution < 1.29 is 12.8 Å². The van der Waals surface area contributed by atoms with Crippen molar-refractivity contribution in [2.24, 2.45) is 0 Å². The van der Waals surface area contributed by atoms with Gasteiger partial charge in [0, 0.05) is 19.0 Å². The van der Waals surface area contributed by atoms with Crippen LogP contribution in [0.3, 0.4) is 0 Å². The van der Waals surface area contributed by atoms with Crippen LogP contribution in [0.5, 0.6) is 0 Å². The SMILES string of the molecule is CC.CCC(C)NS(=O)(=O)CCCn1c(Cc2cc3c(cc2C)CCC3)nc2c(N)nc(F)nc21. The molecule has 0 spiro atoms. The standard InChI is InChI=1S/C23H31FN6O2S.C2H6/c1-4-15(3)29-33(31,32)10-6-9-30-19(26-20-21(25)27-23(24)28-22(20)30)13-18-12-17-8-5-7-16(17)11-14(18)2;1-2/h11-12,15,29H,4-10,13H2,1-3H3,(H2,25,27,28);1-2H3. The van der Waals surface area contributed by atoms with E-state index in [4.69, 9.17) is 5.73 Å². The van der Waals surface area contributed by atoms with Gasteiger partial charge in [0.2, 0.25) is 10.0 Å². The fourth-order valence-corrected chi connectivity index (χ4v) is 5.84. The molecule has 0 fully saturated rings. The molecular formula is C25H37FN6O2S. The molecule has 4 rings (SSSR count). The number of hydrogen-bond acceptors (Lipinski definition) is 6. The number of aromatic nitrogens is 4. The number of nitrogen functional groups attached to an aromatic ring is 1. The number of nitrogens with two attached hydrogens (primary N) is 1. The van der Waals surface area contributed by atoms with Gasteiger partial charge in [-0.3, -0.25) is 0 Å². The predicted octanol–water partition coefficient (Wildman–Crippen LogP) is 4.07. The number of nitrogens with one attached hydrogen (secondary N) is 1. The van der Waals surface area contributed by atoms with Crippen LogP contribution < -0.4 is 10.5 Å². The molecule has 3 N–H and O–H groups in total. The van der Waals surface area contributed by atoms with Gasteiger partial charge in [0.05, 0.1) is 5.75 Å². The fraction of sp³-hybridized carbons (Fsp3) is 0.560. The Kier molecular flexibility index (Phi) is 8.82. The van der Waals surface area contributed by atoms with Gasteiger partial charge in [-0.1, -0.05) is 32.9 Å². The Morgan fingerprint density at radius 3 is 2.54 bits per heavy atom. The second-order valence-electron chi connectivity index (χ2n) is 8.91. The Morgan fingerprint density at radius 2 is 1.86 bits per heavy atom. The lowest BCUT2D eigenvalue weighted by Gasteiger charge is -2.14. The van der Waals surface area contributed by atoms with Crippen LogP contribution in [0.2, 0.25) is 0 Å². The molecule has 1 aliphatic carbocycles. The molecule has 1 unspecified atom stereocenters. The molecule has 1 aromatic carbocycles. The van der Waals surface area contributed by atoms with Gasteiger partial charge in [0.1, 0.15) is 5.82 Å². The van der Waals surface area contributed by atoms with Crippen molar-refractivity contribution in [2.45, 2.75) is 85.7 Å². The maximum absolute atomic E-state index is 14.0. The van der Waals surface area contributed by atoms with Crippen LogP contribution in [-0.2, 0) is 35.8 Å². The molecule has 3 aromatic rings. The second-order valence-corrected chi connectivity index (χ2v) is 10.8. The topological polar surface area (TPSA) is 116 Å². The van der Waals surface area contributed by atoms with E-state index < -0.39 is 16.1 Å². The Morgan fingerprint density at radius 1 is 1.17 bits per heavy atom. The largest absolute Gasteiger partial charge is 0.382 e. The molecule has 192 valence electrons. The highest BCUT2D eigenvalue weighted by molar-refractivity contribution is 7.89. The zero-order chi connectivity index (χ0) is 25.8. The minimum atomic E-state index is -3.42. The summed E-state index contributed by atoms with van der Waals surface area (Å²) < 4.78 is 43.2. The number of benzene rings is 1. The zero-order valence-corrected chi connectivity index (χ0v) is 22.2. The number of anilines is 1. The Balaban J connectivity index is 0.00000167. The second kappa shape index (κ2) is 11.4. The van der Waals surface area contributed by atoms with Crippen LogP contribution in [0.25, 0.3) is 11.2 Å². The monoisotopic (exact) mass is 504 g/mol. The van der Waals surface area contributed by atoms with E-state index in [1.807, 2.05) is 27.7 Å². The van der Waals surface area contributed by atoms with Crippen molar-refractivity contribution in [3.63, 3.8) is 0 Å². The molecule has 0 bridgehead atoms.